The molecule has 100 valence electrons. The highest BCUT2D eigenvalue weighted by Crippen LogP contribution is 2.20. The fourth-order valence-corrected chi connectivity index (χ4v) is 3.50. The Hall–Kier alpha value is -0.430. The molecule has 2 rings (SSSR count). The maximum absolute atomic E-state index is 12.1. The van der Waals surface area contributed by atoms with Crippen LogP contribution in [-0.2, 0) is 10.0 Å². The van der Waals surface area contributed by atoms with E-state index in [2.05, 4.69) is 26.0 Å². The van der Waals surface area contributed by atoms with E-state index in [0.717, 1.165) is 10.0 Å². The molecule has 1 aromatic rings. The van der Waals surface area contributed by atoms with E-state index in [-0.39, 0.29) is 0 Å². The molecule has 0 amide bonds. The molecule has 1 aliphatic rings. The normalized spacial score (nSPS) is 15.9. The van der Waals surface area contributed by atoms with Crippen LogP contribution in [0.2, 0.25) is 0 Å². The van der Waals surface area contributed by atoms with Gasteiger partial charge in [0.25, 0.3) is 0 Å². The summed E-state index contributed by atoms with van der Waals surface area (Å²) < 4.78 is 27.6. The maximum Gasteiger partial charge on any atom is 0.240 e. The summed E-state index contributed by atoms with van der Waals surface area (Å²) in [6, 6.07) is 5.86. The summed E-state index contributed by atoms with van der Waals surface area (Å²) in [5.41, 5.74) is 0.751. The van der Waals surface area contributed by atoms with E-state index in [0.29, 0.717) is 24.0 Å². The Morgan fingerprint density at radius 3 is 2.72 bits per heavy atom. The fourth-order valence-electron chi connectivity index (χ4n) is 1.69. The van der Waals surface area contributed by atoms with Crippen molar-refractivity contribution in [2.75, 3.05) is 13.1 Å². The van der Waals surface area contributed by atoms with Crippen molar-refractivity contribution in [3.05, 3.63) is 28.2 Å². The van der Waals surface area contributed by atoms with Gasteiger partial charge in [0.1, 0.15) is 0 Å². The quantitative estimate of drug-likeness (QED) is 0.781. The fraction of sp³-hybridized carbons (Fsp3) is 0.500. The monoisotopic (exact) mass is 332 g/mol. The van der Waals surface area contributed by atoms with Gasteiger partial charge in [-0.15, -0.1) is 0 Å². The molecule has 0 heterocycles. The molecule has 0 aromatic heterocycles. The first-order valence-electron chi connectivity index (χ1n) is 5.98. The van der Waals surface area contributed by atoms with Crippen LogP contribution in [0.25, 0.3) is 0 Å². The van der Waals surface area contributed by atoms with Crippen LogP contribution < -0.4 is 10.0 Å². The minimum atomic E-state index is -3.41. The van der Waals surface area contributed by atoms with Gasteiger partial charge < -0.3 is 5.32 Å². The molecule has 0 radical (unpaired) electrons. The Balaban J connectivity index is 1.97. The number of hydrogen-bond acceptors (Lipinski definition) is 3. The first-order valence-corrected chi connectivity index (χ1v) is 8.26. The number of halogens is 1. The first-order chi connectivity index (χ1) is 8.49. The van der Waals surface area contributed by atoms with E-state index < -0.39 is 10.0 Å². The first kappa shape index (κ1) is 14.0. The molecular weight excluding hydrogens is 316 g/mol. The SMILES string of the molecule is Cc1ccc(Br)cc1S(=O)(=O)NCCNC1CC1. The van der Waals surface area contributed by atoms with E-state index in [1.54, 1.807) is 19.1 Å². The predicted molar refractivity (Wildman–Crippen MR) is 75.1 cm³/mol. The van der Waals surface area contributed by atoms with Gasteiger partial charge in [-0.25, -0.2) is 13.1 Å². The largest absolute Gasteiger partial charge is 0.313 e. The Labute approximate surface area is 116 Å². The third-order valence-corrected chi connectivity index (χ3v) is 4.96. The van der Waals surface area contributed by atoms with Gasteiger partial charge in [0.2, 0.25) is 10.0 Å². The van der Waals surface area contributed by atoms with Crippen molar-refractivity contribution in [2.45, 2.75) is 30.7 Å². The lowest BCUT2D eigenvalue weighted by Crippen LogP contribution is -2.33. The highest BCUT2D eigenvalue weighted by atomic mass is 79.9. The lowest BCUT2D eigenvalue weighted by atomic mass is 10.2. The Morgan fingerprint density at radius 2 is 2.06 bits per heavy atom. The second-order valence-electron chi connectivity index (χ2n) is 4.54. The average molecular weight is 333 g/mol. The van der Waals surface area contributed by atoms with Crippen LogP contribution in [0.5, 0.6) is 0 Å². The molecule has 0 aliphatic heterocycles. The Morgan fingerprint density at radius 1 is 1.33 bits per heavy atom. The molecule has 1 fully saturated rings. The molecule has 2 N–H and O–H groups in total. The highest BCUT2D eigenvalue weighted by Gasteiger charge is 2.20. The summed E-state index contributed by atoms with van der Waals surface area (Å²) in [6.45, 7) is 2.89. The molecule has 0 spiro atoms. The summed E-state index contributed by atoms with van der Waals surface area (Å²) in [4.78, 5) is 0.336. The molecule has 0 unspecified atom stereocenters. The molecule has 18 heavy (non-hydrogen) atoms. The summed E-state index contributed by atoms with van der Waals surface area (Å²) >= 11 is 3.29. The van der Waals surface area contributed by atoms with Crippen molar-refractivity contribution >= 4 is 26.0 Å². The standard InChI is InChI=1S/C12H17BrN2O2S/c1-9-2-3-10(13)8-12(9)18(16,17)15-7-6-14-11-4-5-11/h2-3,8,11,14-15H,4-7H2,1H3. The summed E-state index contributed by atoms with van der Waals surface area (Å²) in [7, 11) is -3.41. The maximum atomic E-state index is 12.1. The van der Waals surface area contributed by atoms with Crippen LogP contribution in [0.15, 0.2) is 27.6 Å². The summed E-state index contributed by atoms with van der Waals surface area (Å²) in [5, 5.41) is 3.27. The van der Waals surface area contributed by atoms with Crippen LogP contribution in [0.3, 0.4) is 0 Å². The lowest BCUT2D eigenvalue weighted by Gasteiger charge is -2.10. The van der Waals surface area contributed by atoms with Gasteiger partial charge in [0, 0.05) is 23.6 Å². The minimum absolute atomic E-state index is 0.336. The van der Waals surface area contributed by atoms with E-state index in [1.165, 1.54) is 12.8 Å². The molecule has 1 aromatic carbocycles. The van der Waals surface area contributed by atoms with Crippen molar-refractivity contribution in [3.63, 3.8) is 0 Å². The second-order valence-corrected chi connectivity index (χ2v) is 7.19. The summed E-state index contributed by atoms with van der Waals surface area (Å²) in [5.74, 6) is 0. The van der Waals surface area contributed by atoms with Crippen LogP contribution in [0.4, 0.5) is 0 Å². The van der Waals surface area contributed by atoms with E-state index in [4.69, 9.17) is 0 Å². The Bertz CT molecular complexity index is 527. The topological polar surface area (TPSA) is 58.2 Å². The number of benzene rings is 1. The van der Waals surface area contributed by atoms with Gasteiger partial charge in [0.15, 0.2) is 0 Å². The zero-order valence-electron chi connectivity index (χ0n) is 10.2. The number of aryl methyl sites for hydroxylation is 1. The zero-order valence-corrected chi connectivity index (χ0v) is 12.6. The van der Waals surface area contributed by atoms with E-state index >= 15 is 0 Å². The molecule has 0 atom stereocenters. The van der Waals surface area contributed by atoms with Crippen molar-refractivity contribution in [1.29, 1.82) is 0 Å². The molecule has 0 bridgehead atoms. The van der Waals surface area contributed by atoms with Crippen LogP contribution >= 0.6 is 15.9 Å². The van der Waals surface area contributed by atoms with Crippen LogP contribution in [0, 0.1) is 6.92 Å². The average Bonchev–Trinajstić information content (AvgIpc) is 3.12. The van der Waals surface area contributed by atoms with Gasteiger partial charge in [-0.3, -0.25) is 0 Å². The van der Waals surface area contributed by atoms with Crippen molar-refractivity contribution in [2.24, 2.45) is 0 Å². The summed E-state index contributed by atoms with van der Waals surface area (Å²) in [6.07, 6.45) is 2.41. The molecule has 0 saturated heterocycles. The highest BCUT2D eigenvalue weighted by molar-refractivity contribution is 9.10. The number of sulfonamides is 1. The van der Waals surface area contributed by atoms with Gasteiger partial charge in [-0.2, -0.15) is 0 Å². The van der Waals surface area contributed by atoms with E-state index in [1.807, 2.05) is 6.07 Å². The predicted octanol–water partition coefficient (Wildman–Crippen LogP) is 1.79. The zero-order chi connectivity index (χ0) is 13.2. The molecule has 1 saturated carbocycles. The van der Waals surface area contributed by atoms with Gasteiger partial charge >= 0.3 is 0 Å². The number of nitrogens with one attached hydrogen (secondary N) is 2. The number of rotatable bonds is 6. The second kappa shape index (κ2) is 5.69. The van der Waals surface area contributed by atoms with Gasteiger partial charge in [0.05, 0.1) is 4.90 Å². The third kappa shape index (κ3) is 3.78. The van der Waals surface area contributed by atoms with E-state index in [9.17, 15) is 8.42 Å². The minimum Gasteiger partial charge on any atom is -0.313 e. The molecule has 1 aliphatic carbocycles. The lowest BCUT2D eigenvalue weighted by molar-refractivity contribution is 0.575. The van der Waals surface area contributed by atoms with Gasteiger partial charge in [-0.1, -0.05) is 22.0 Å². The third-order valence-electron chi connectivity index (χ3n) is 2.87. The van der Waals surface area contributed by atoms with Crippen molar-refractivity contribution < 1.29 is 8.42 Å². The molecular formula is C12H17BrN2O2S. The van der Waals surface area contributed by atoms with Gasteiger partial charge in [-0.05, 0) is 37.5 Å². The number of hydrogen-bond donors (Lipinski definition) is 2. The van der Waals surface area contributed by atoms with Crippen molar-refractivity contribution in [3.8, 4) is 0 Å². The van der Waals surface area contributed by atoms with Crippen molar-refractivity contribution in [1.82, 2.24) is 10.0 Å². The molecule has 4 nitrogen and oxygen atoms in total. The molecule has 6 heteroatoms. The smallest absolute Gasteiger partial charge is 0.240 e. The van der Waals surface area contributed by atoms with Crippen LogP contribution in [0.1, 0.15) is 18.4 Å². The van der Waals surface area contributed by atoms with Crippen LogP contribution in [-0.4, -0.2) is 27.5 Å². The Kier molecular flexibility index (Phi) is 4.42.